The molecule has 0 amide bonds. The number of halogens is 16. The summed E-state index contributed by atoms with van der Waals surface area (Å²) in [5.74, 6) is -27.1. The van der Waals surface area contributed by atoms with E-state index in [4.69, 9.17) is 0 Å². The fourth-order valence-electron chi connectivity index (χ4n) is 1.39. The molecule has 0 bridgehead atoms. The first kappa shape index (κ1) is 25.8. The first-order chi connectivity index (χ1) is 12.2. The molecule has 1 fully saturated rings. The maximum atomic E-state index is 13.5. The topological polar surface area (TPSA) is 52.6 Å². The summed E-state index contributed by atoms with van der Waals surface area (Å²) in [6.45, 7) is 0. The maximum Gasteiger partial charge on any atom is 0.464 e. The minimum Gasteiger partial charge on any atom is -0.267 e. The fourth-order valence-corrected chi connectivity index (χ4v) is 1.72. The van der Waals surface area contributed by atoms with E-state index in [1.54, 1.807) is 4.74 Å². The van der Waals surface area contributed by atoms with E-state index >= 15 is 0 Å². The third kappa shape index (κ3) is 3.18. The molecule has 0 aromatic heterocycles. The van der Waals surface area contributed by atoms with Crippen molar-refractivity contribution in [3.8, 4) is 0 Å². The van der Waals surface area contributed by atoms with Gasteiger partial charge in [-0.3, -0.25) is 9.47 Å². The average molecular weight is 496 g/mol. The highest BCUT2D eigenvalue weighted by Crippen LogP contribution is 2.71. The highest BCUT2D eigenvalue weighted by Gasteiger charge is 3.03. The van der Waals surface area contributed by atoms with Gasteiger partial charge >= 0.3 is 57.4 Å². The number of rotatable bonds is 7. The third-order valence-corrected chi connectivity index (χ3v) is 3.91. The Hall–Kier alpha value is -1.25. The molecule has 0 aromatic carbocycles. The Labute approximate surface area is 146 Å². The van der Waals surface area contributed by atoms with Crippen LogP contribution in [0.2, 0.25) is 0 Å². The van der Waals surface area contributed by atoms with Crippen LogP contribution in [0.25, 0.3) is 0 Å². The van der Waals surface area contributed by atoms with E-state index in [1.807, 2.05) is 0 Å². The first-order valence-electron chi connectivity index (χ1n) is 5.84. The summed E-state index contributed by atoms with van der Waals surface area (Å²) in [5, 5.41) is -7.53. The normalized spacial score (nSPS) is 24.1. The molecule has 0 N–H and O–H groups in total. The van der Waals surface area contributed by atoms with Crippen LogP contribution in [0.1, 0.15) is 0 Å². The molecule has 1 aliphatic rings. The minimum atomic E-state index is -8.03. The van der Waals surface area contributed by atoms with Gasteiger partial charge in [0.2, 0.25) is 0 Å². The minimum absolute atomic E-state index is 1.33. The van der Waals surface area contributed by atoms with Gasteiger partial charge in [0.05, 0.1) is 0 Å². The zero-order valence-corrected chi connectivity index (χ0v) is 12.9. The van der Waals surface area contributed by atoms with E-state index in [9.17, 15) is 78.2 Å². The van der Waals surface area contributed by atoms with Crippen molar-refractivity contribution in [2.45, 2.75) is 47.2 Å². The zero-order chi connectivity index (χ0) is 23.9. The summed E-state index contributed by atoms with van der Waals surface area (Å²) in [6.07, 6.45) is -23.3. The Morgan fingerprint density at radius 1 is 0.655 bits per heavy atom. The van der Waals surface area contributed by atoms with Crippen LogP contribution in [0.4, 0.5) is 69.7 Å². The number of hydrogen-bond acceptors (Lipinski definition) is 4. The van der Waals surface area contributed by atoms with Gasteiger partial charge in [-0.1, -0.05) is 3.89 Å². The van der Waals surface area contributed by atoms with E-state index in [-0.39, 0.29) is 0 Å². The molecule has 0 saturated heterocycles. The molecular weight excluding hydrogens is 496 g/mol. The summed E-state index contributed by atoms with van der Waals surface area (Å²) in [7, 11) is -8.03. The van der Waals surface area contributed by atoms with E-state index in [1.165, 1.54) is 4.74 Å². The quantitative estimate of drug-likeness (QED) is 0.391. The van der Waals surface area contributed by atoms with Crippen molar-refractivity contribution < 1.29 is 87.6 Å². The van der Waals surface area contributed by atoms with E-state index in [2.05, 4.69) is 0 Å². The van der Waals surface area contributed by atoms with Crippen LogP contribution >= 0.6 is 0 Å². The van der Waals surface area contributed by atoms with Crippen LogP contribution in [-0.2, 0) is 19.7 Å². The Morgan fingerprint density at radius 2 is 1.00 bits per heavy atom. The lowest BCUT2D eigenvalue weighted by molar-refractivity contribution is -0.525. The smallest absolute Gasteiger partial charge is 0.267 e. The number of hydrogen-bond donors (Lipinski definition) is 0. The second-order valence-corrected chi connectivity index (χ2v) is 6.42. The molecule has 0 heterocycles. The van der Waals surface area contributed by atoms with E-state index in [0.717, 1.165) is 0 Å². The zero-order valence-electron chi connectivity index (χ0n) is 12.1. The van der Waals surface area contributed by atoms with Crippen LogP contribution in [-0.4, -0.2) is 55.6 Å². The van der Waals surface area contributed by atoms with Gasteiger partial charge < -0.3 is 0 Å². The summed E-state index contributed by atoms with van der Waals surface area (Å²) in [5.41, 5.74) is 0. The molecule has 1 atom stereocenters. The molecule has 1 rings (SSSR count). The van der Waals surface area contributed by atoms with Crippen LogP contribution in [0.3, 0.4) is 0 Å². The van der Waals surface area contributed by atoms with Crippen molar-refractivity contribution in [2.24, 2.45) is 0 Å². The Bertz CT molecular complexity index is 756. The molecule has 0 aliphatic heterocycles. The largest absolute Gasteiger partial charge is 0.464 e. The van der Waals surface area contributed by atoms with Crippen molar-refractivity contribution in [3.63, 3.8) is 0 Å². The van der Waals surface area contributed by atoms with Gasteiger partial charge in [0.15, 0.2) is 0 Å². The molecule has 29 heavy (non-hydrogen) atoms. The van der Waals surface area contributed by atoms with Crippen molar-refractivity contribution in [1.29, 1.82) is 0 Å². The highest BCUT2D eigenvalue weighted by atomic mass is 32.3. The van der Waals surface area contributed by atoms with Gasteiger partial charge in [-0.25, -0.2) is 0 Å². The van der Waals surface area contributed by atoms with Crippen molar-refractivity contribution in [2.75, 3.05) is 0 Å². The standard InChI is InChI=1S/C8F16O4S/c9-1(10)2(11,12)3(1,13)27-6(18,19)4(14,5(15,16)17)28-7(20,21)8(22,23)29(24,25)26. The highest BCUT2D eigenvalue weighted by molar-refractivity contribution is 7.87. The SMILES string of the molecule is O=S(=O)(F)C(F)(F)C(F)(F)OC(F)(C(F)(F)F)C(F)(F)OC1(F)C(F)(F)C1(F)F. The number of alkyl halides is 15. The summed E-state index contributed by atoms with van der Waals surface area (Å²) in [6, 6.07) is 0. The van der Waals surface area contributed by atoms with Gasteiger partial charge in [0.1, 0.15) is 0 Å². The molecule has 0 spiro atoms. The van der Waals surface area contributed by atoms with Crippen molar-refractivity contribution >= 4 is 10.2 Å². The van der Waals surface area contributed by atoms with E-state index < -0.39 is 57.4 Å². The predicted molar refractivity (Wildman–Crippen MR) is 50.7 cm³/mol. The Balaban J connectivity index is 3.50. The van der Waals surface area contributed by atoms with Crippen molar-refractivity contribution in [3.05, 3.63) is 0 Å². The average Bonchev–Trinajstić information content (AvgIpc) is 2.71. The fraction of sp³-hybridized carbons (Fsp3) is 1.00. The molecule has 1 aliphatic carbocycles. The molecule has 1 saturated carbocycles. The Kier molecular flexibility index (Phi) is 5.26. The van der Waals surface area contributed by atoms with Crippen LogP contribution in [0, 0.1) is 0 Å². The molecule has 4 nitrogen and oxygen atoms in total. The van der Waals surface area contributed by atoms with Gasteiger partial charge in [0.25, 0.3) is 0 Å². The lowest BCUT2D eigenvalue weighted by atomic mass is 10.2. The van der Waals surface area contributed by atoms with Crippen LogP contribution < -0.4 is 0 Å². The van der Waals surface area contributed by atoms with Crippen LogP contribution in [0.5, 0.6) is 0 Å². The predicted octanol–water partition coefficient (Wildman–Crippen LogP) is 4.28. The molecule has 21 heteroatoms. The molecule has 0 aromatic rings. The Morgan fingerprint density at radius 3 is 1.24 bits per heavy atom. The molecule has 0 radical (unpaired) electrons. The first-order valence-corrected chi connectivity index (χ1v) is 7.23. The maximum absolute atomic E-state index is 13.5. The van der Waals surface area contributed by atoms with E-state index in [0.29, 0.717) is 0 Å². The summed E-state index contributed by atoms with van der Waals surface area (Å²) < 4.78 is 226. The van der Waals surface area contributed by atoms with Gasteiger partial charge in [-0.15, -0.1) is 0 Å². The lowest BCUT2D eigenvalue weighted by Crippen LogP contribution is -2.65. The summed E-state index contributed by atoms with van der Waals surface area (Å²) in [4.78, 5) is 0. The molecular formula is C8F16O4S. The summed E-state index contributed by atoms with van der Waals surface area (Å²) >= 11 is 0. The second-order valence-electron chi connectivity index (χ2n) is 5.03. The number of ether oxygens (including phenoxy) is 2. The van der Waals surface area contributed by atoms with Gasteiger partial charge in [0, 0.05) is 0 Å². The lowest BCUT2D eigenvalue weighted by Gasteiger charge is -2.37. The second kappa shape index (κ2) is 5.92. The van der Waals surface area contributed by atoms with Gasteiger partial charge in [-0.05, 0) is 0 Å². The third-order valence-electron chi connectivity index (χ3n) is 3.06. The van der Waals surface area contributed by atoms with Crippen molar-refractivity contribution in [1.82, 2.24) is 0 Å². The van der Waals surface area contributed by atoms with Gasteiger partial charge in [-0.2, -0.15) is 74.3 Å². The molecule has 1 unspecified atom stereocenters. The monoisotopic (exact) mass is 496 g/mol. The molecule has 174 valence electrons. The van der Waals surface area contributed by atoms with Crippen LogP contribution in [0.15, 0.2) is 0 Å².